The predicted molar refractivity (Wildman–Crippen MR) is 57.5 cm³/mol. The molecule has 14 heavy (non-hydrogen) atoms. The van der Waals surface area contributed by atoms with Crippen LogP contribution in [0.5, 0.6) is 0 Å². The van der Waals surface area contributed by atoms with Gasteiger partial charge in [-0.3, -0.25) is 0 Å². The van der Waals surface area contributed by atoms with Gasteiger partial charge < -0.3 is 5.73 Å². The summed E-state index contributed by atoms with van der Waals surface area (Å²) in [5.41, 5.74) is 6.62. The molecule has 0 aromatic carbocycles. The molecule has 0 radical (unpaired) electrons. The Kier molecular flexibility index (Phi) is 2.08. The minimum atomic E-state index is -0.00237. The Morgan fingerprint density at radius 1 is 1.50 bits per heavy atom. The summed E-state index contributed by atoms with van der Waals surface area (Å²) >= 11 is 1.58. The lowest BCUT2D eigenvalue weighted by molar-refractivity contribution is 0.544. The fourth-order valence-corrected chi connectivity index (χ4v) is 2.02. The molecule has 2 aromatic rings. The Morgan fingerprint density at radius 3 is 2.79 bits per heavy atom. The lowest BCUT2D eigenvalue weighted by Crippen LogP contribution is -2.14. The third-order valence-corrected chi connectivity index (χ3v) is 2.89. The van der Waals surface area contributed by atoms with Crippen LogP contribution in [0.2, 0.25) is 0 Å². The number of hydrogen-bond donors (Lipinski definition) is 1. The summed E-state index contributed by atoms with van der Waals surface area (Å²) in [6.45, 7) is 6.82. The average molecular weight is 210 g/mol. The fraction of sp³-hybridized carbons (Fsp3) is 0.556. The molecule has 2 aromatic heterocycles. The molecule has 4 nitrogen and oxygen atoms in total. The first-order chi connectivity index (χ1) is 6.52. The number of fused-ring (bicyclic) bond motifs is 1. The average Bonchev–Trinajstić information content (AvgIpc) is 2.58. The van der Waals surface area contributed by atoms with Crippen LogP contribution in [0.3, 0.4) is 0 Å². The lowest BCUT2D eigenvalue weighted by atomic mass is 9.96. The van der Waals surface area contributed by atoms with E-state index in [4.69, 9.17) is 5.73 Å². The van der Waals surface area contributed by atoms with Crippen molar-refractivity contribution in [1.29, 1.82) is 0 Å². The number of nitrogens with two attached hydrogens (primary N) is 1. The maximum atomic E-state index is 5.60. The Hall–Kier alpha value is -0.940. The lowest BCUT2D eigenvalue weighted by Gasteiger charge is -2.11. The van der Waals surface area contributed by atoms with Crippen LogP contribution in [0.15, 0.2) is 5.38 Å². The maximum Gasteiger partial charge on any atom is 0.212 e. The van der Waals surface area contributed by atoms with Gasteiger partial charge in [0.25, 0.3) is 0 Å². The van der Waals surface area contributed by atoms with Crippen LogP contribution in [0.1, 0.15) is 32.3 Å². The molecule has 0 saturated heterocycles. The summed E-state index contributed by atoms with van der Waals surface area (Å²) < 4.78 is 1.84. The van der Waals surface area contributed by atoms with Gasteiger partial charge in [-0.1, -0.05) is 20.8 Å². The fourth-order valence-electron chi connectivity index (χ4n) is 1.18. The Labute approximate surface area is 86.8 Å². The van der Waals surface area contributed by atoms with Crippen molar-refractivity contribution in [2.24, 2.45) is 5.73 Å². The number of nitrogens with zero attached hydrogens (tertiary/aromatic N) is 3. The second-order valence-electron chi connectivity index (χ2n) is 4.31. The highest BCUT2D eigenvalue weighted by atomic mass is 32.1. The third-order valence-electron chi connectivity index (χ3n) is 2.03. The largest absolute Gasteiger partial charge is 0.325 e. The van der Waals surface area contributed by atoms with E-state index < -0.39 is 0 Å². The van der Waals surface area contributed by atoms with Gasteiger partial charge in [-0.05, 0) is 0 Å². The highest BCUT2D eigenvalue weighted by Crippen LogP contribution is 2.22. The molecule has 5 heteroatoms. The highest BCUT2D eigenvalue weighted by Gasteiger charge is 2.20. The molecule has 0 spiro atoms. The van der Waals surface area contributed by atoms with Crippen LogP contribution < -0.4 is 5.73 Å². The molecule has 2 rings (SSSR count). The van der Waals surface area contributed by atoms with E-state index in [1.54, 1.807) is 11.3 Å². The van der Waals surface area contributed by atoms with Crippen LogP contribution in [0.4, 0.5) is 0 Å². The van der Waals surface area contributed by atoms with Crippen molar-refractivity contribution in [2.75, 3.05) is 0 Å². The highest BCUT2D eigenvalue weighted by molar-refractivity contribution is 7.15. The van der Waals surface area contributed by atoms with Crippen LogP contribution in [0.25, 0.3) is 4.96 Å². The zero-order chi connectivity index (χ0) is 10.3. The second-order valence-corrected chi connectivity index (χ2v) is 5.15. The first-order valence-electron chi connectivity index (χ1n) is 4.56. The third kappa shape index (κ3) is 1.42. The van der Waals surface area contributed by atoms with E-state index in [-0.39, 0.29) is 5.41 Å². The molecule has 0 amide bonds. The SMILES string of the molecule is CC(C)(C)c1nc2scc(CN)n2n1. The van der Waals surface area contributed by atoms with Crippen molar-refractivity contribution >= 4 is 16.3 Å². The standard InChI is InChI=1S/C9H14N4S/c1-9(2,3)7-11-8-13(12-7)6(4-10)5-14-8/h5H,4,10H2,1-3H3. The number of aromatic nitrogens is 3. The van der Waals surface area contributed by atoms with Gasteiger partial charge in [-0.2, -0.15) is 0 Å². The molecule has 0 fully saturated rings. The monoisotopic (exact) mass is 210 g/mol. The molecule has 2 N–H and O–H groups in total. The second kappa shape index (κ2) is 3.03. The Bertz CT molecular complexity index is 449. The minimum absolute atomic E-state index is 0.00237. The molecular weight excluding hydrogens is 196 g/mol. The number of thiazole rings is 1. The van der Waals surface area contributed by atoms with E-state index in [0.717, 1.165) is 16.5 Å². The summed E-state index contributed by atoms with van der Waals surface area (Å²) in [7, 11) is 0. The molecule has 0 bridgehead atoms. The van der Waals surface area contributed by atoms with Crippen LogP contribution >= 0.6 is 11.3 Å². The summed E-state index contributed by atoms with van der Waals surface area (Å²) in [4.78, 5) is 5.39. The van der Waals surface area contributed by atoms with E-state index in [2.05, 4.69) is 30.9 Å². The summed E-state index contributed by atoms with van der Waals surface area (Å²) in [6, 6.07) is 0. The first kappa shape index (κ1) is 9.61. The number of rotatable bonds is 1. The van der Waals surface area contributed by atoms with Gasteiger partial charge in [-0.25, -0.2) is 9.50 Å². The maximum absolute atomic E-state index is 5.60. The quantitative estimate of drug-likeness (QED) is 0.777. The van der Waals surface area contributed by atoms with Crippen molar-refractivity contribution in [3.05, 3.63) is 16.9 Å². The van der Waals surface area contributed by atoms with Crippen LogP contribution in [-0.4, -0.2) is 14.6 Å². The normalized spacial score (nSPS) is 12.6. The molecule has 76 valence electrons. The summed E-state index contributed by atoms with van der Waals surface area (Å²) in [6.07, 6.45) is 0. The van der Waals surface area contributed by atoms with E-state index >= 15 is 0 Å². The van der Waals surface area contributed by atoms with E-state index in [9.17, 15) is 0 Å². The van der Waals surface area contributed by atoms with Crippen molar-refractivity contribution in [1.82, 2.24) is 14.6 Å². The predicted octanol–water partition coefficient (Wildman–Crippen LogP) is 1.55. The smallest absolute Gasteiger partial charge is 0.212 e. The van der Waals surface area contributed by atoms with Gasteiger partial charge in [0, 0.05) is 17.3 Å². The van der Waals surface area contributed by atoms with Crippen molar-refractivity contribution in [3.63, 3.8) is 0 Å². The van der Waals surface area contributed by atoms with Gasteiger partial charge in [-0.15, -0.1) is 16.4 Å². The molecule has 0 unspecified atom stereocenters. The van der Waals surface area contributed by atoms with Gasteiger partial charge >= 0.3 is 0 Å². The first-order valence-corrected chi connectivity index (χ1v) is 5.44. The van der Waals surface area contributed by atoms with Crippen molar-refractivity contribution in [2.45, 2.75) is 32.7 Å². The minimum Gasteiger partial charge on any atom is -0.325 e. The van der Waals surface area contributed by atoms with E-state index in [1.807, 2.05) is 9.90 Å². The zero-order valence-electron chi connectivity index (χ0n) is 8.61. The Balaban J connectivity index is 2.58. The zero-order valence-corrected chi connectivity index (χ0v) is 9.43. The van der Waals surface area contributed by atoms with Gasteiger partial charge in [0.15, 0.2) is 5.82 Å². The molecule has 0 atom stereocenters. The molecule has 0 aliphatic heterocycles. The van der Waals surface area contributed by atoms with E-state index in [1.165, 1.54) is 0 Å². The van der Waals surface area contributed by atoms with Crippen LogP contribution in [0, 0.1) is 0 Å². The molecular formula is C9H14N4S. The molecule has 0 saturated carbocycles. The van der Waals surface area contributed by atoms with Crippen LogP contribution in [-0.2, 0) is 12.0 Å². The van der Waals surface area contributed by atoms with E-state index in [0.29, 0.717) is 6.54 Å². The Morgan fingerprint density at radius 2 is 2.21 bits per heavy atom. The van der Waals surface area contributed by atoms with Gasteiger partial charge in [0.05, 0.1) is 5.69 Å². The topological polar surface area (TPSA) is 56.2 Å². The van der Waals surface area contributed by atoms with Crippen molar-refractivity contribution in [3.8, 4) is 0 Å². The molecule has 0 aliphatic carbocycles. The molecule has 2 heterocycles. The van der Waals surface area contributed by atoms with Gasteiger partial charge in [0.1, 0.15) is 0 Å². The van der Waals surface area contributed by atoms with Gasteiger partial charge in [0.2, 0.25) is 4.96 Å². The summed E-state index contributed by atoms with van der Waals surface area (Å²) in [5.74, 6) is 0.874. The number of hydrogen-bond acceptors (Lipinski definition) is 4. The summed E-state index contributed by atoms with van der Waals surface area (Å²) in [5, 5.41) is 6.45. The van der Waals surface area contributed by atoms with Crippen molar-refractivity contribution < 1.29 is 0 Å². The molecule has 0 aliphatic rings.